The second-order valence-electron chi connectivity index (χ2n) is 16.2. The van der Waals surface area contributed by atoms with Crippen LogP contribution in [0.4, 0.5) is 0 Å². The standard InChI is InChI=1S/C53H45B2O4/c1-34(56-7)52(3,4)58-54-40-28-30-42-43-31-29-41(55-57-35(2)53(5,6)59-55)33-45(43)51-49(39-26-18-11-19-27-39)47(37-22-14-9-15-23-37)46(36-20-12-8-13-21-36)48(50(51)44(42)32-40)38-24-16-10-17-25-38/h8-33H,1-2H2,3-7H3. The third kappa shape index (κ3) is 6.82. The van der Waals surface area contributed by atoms with E-state index in [1.807, 2.05) is 35.2 Å². The molecule has 0 aliphatic carbocycles. The summed E-state index contributed by atoms with van der Waals surface area (Å²) in [4.78, 5) is 0. The molecule has 8 aromatic rings. The van der Waals surface area contributed by atoms with Crippen molar-refractivity contribution in [2.75, 3.05) is 7.11 Å². The van der Waals surface area contributed by atoms with E-state index in [0.29, 0.717) is 11.5 Å². The fourth-order valence-corrected chi connectivity index (χ4v) is 8.38. The summed E-state index contributed by atoms with van der Waals surface area (Å²) in [5.74, 6) is 1.16. The lowest BCUT2D eigenvalue weighted by Crippen LogP contribution is -2.34. The molecule has 59 heavy (non-hydrogen) atoms. The first-order valence-corrected chi connectivity index (χ1v) is 20.1. The van der Waals surface area contributed by atoms with Gasteiger partial charge in [0.05, 0.1) is 12.9 Å². The third-order valence-electron chi connectivity index (χ3n) is 11.7. The summed E-state index contributed by atoms with van der Waals surface area (Å²) in [7, 11) is 2.85. The predicted molar refractivity (Wildman–Crippen MR) is 248 cm³/mol. The molecule has 0 bridgehead atoms. The van der Waals surface area contributed by atoms with Gasteiger partial charge in [0, 0.05) is 0 Å². The average molecular weight is 768 g/mol. The Kier molecular flexibility index (Phi) is 9.79. The molecule has 0 unspecified atom stereocenters. The Bertz CT molecular complexity index is 2890. The van der Waals surface area contributed by atoms with E-state index in [9.17, 15) is 0 Å². The van der Waals surface area contributed by atoms with Crippen molar-refractivity contribution < 1.29 is 18.7 Å². The smallest absolute Gasteiger partial charge is 0.534 e. The van der Waals surface area contributed by atoms with E-state index in [1.165, 1.54) is 0 Å². The molecule has 4 nitrogen and oxygen atoms in total. The van der Waals surface area contributed by atoms with Crippen LogP contribution in [0.25, 0.3) is 76.8 Å². The Morgan fingerprint density at radius 2 is 1.03 bits per heavy atom. The minimum absolute atomic E-state index is 0.545. The number of rotatable bonds is 10. The molecule has 1 radical (unpaired) electrons. The van der Waals surface area contributed by atoms with E-state index < -0.39 is 18.3 Å². The second-order valence-corrected chi connectivity index (χ2v) is 16.2. The van der Waals surface area contributed by atoms with Crippen LogP contribution < -0.4 is 10.9 Å². The van der Waals surface area contributed by atoms with Gasteiger partial charge < -0.3 is 18.7 Å². The summed E-state index contributed by atoms with van der Waals surface area (Å²) in [6.45, 7) is 16.2. The van der Waals surface area contributed by atoms with Crippen LogP contribution in [0.15, 0.2) is 182 Å². The van der Waals surface area contributed by atoms with E-state index in [4.69, 9.17) is 18.7 Å². The van der Waals surface area contributed by atoms with Gasteiger partial charge in [0.25, 0.3) is 0 Å². The van der Waals surface area contributed by atoms with E-state index in [-0.39, 0.29) is 0 Å². The minimum Gasteiger partial charge on any atom is -0.534 e. The van der Waals surface area contributed by atoms with Gasteiger partial charge in [0.2, 0.25) is 0 Å². The summed E-state index contributed by atoms with van der Waals surface area (Å²) in [5, 5.41) is 6.73. The van der Waals surface area contributed by atoms with Crippen LogP contribution in [-0.4, -0.2) is 32.9 Å². The van der Waals surface area contributed by atoms with Gasteiger partial charge in [0.15, 0.2) is 0 Å². The monoisotopic (exact) mass is 767 g/mol. The average Bonchev–Trinajstić information content (AvgIpc) is 3.56. The Hall–Kier alpha value is -6.33. The normalized spacial score (nSPS) is 13.8. The van der Waals surface area contributed by atoms with Crippen molar-refractivity contribution in [3.8, 4) is 44.5 Å². The number of benzene rings is 8. The highest BCUT2D eigenvalue weighted by Gasteiger charge is 2.43. The molecule has 0 aromatic heterocycles. The van der Waals surface area contributed by atoms with Crippen LogP contribution >= 0.6 is 0 Å². The van der Waals surface area contributed by atoms with Crippen molar-refractivity contribution in [1.29, 1.82) is 0 Å². The van der Waals surface area contributed by atoms with Gasteiger partial charge >= 0.3 is 14.6 Å². The zero-order valence-electron chi connectivity index (χ0n) is 34.2. The Morgan fingerprint density at radius 3 is 1.47 bits per heavy atom. The summed E-state index contributed by atoms with van der Waals surface area (Å²) < 4.78 is 24.8. The van der Waals surface area contributed by atoms with Gasteiger partial charge in [-0.1, -0.05) is 176 Å². The lowest BCUT2D eigenvalue weighted by Gasteiger charge is -2.27. The van der Waals surface area contributed by atoms with Crippen LogP contribution in [0, 0.1) is 0 Å². The van der Waals surface area contributed by atoms with Gasteiger partial charge in [-0.05, 0) is 110 Å². The Balaban J connectivity index is 1.52. The van der Waals surface area contributed by atoms with Crippen LogP contribution in [0.5, 0.6) is 0 Å². The highest BCUT2D eigenvalue weighted by molar-refractivity contribution is 6.63. The first-order chi connectivity index (χ1) is 28.6. The Labute approximate surface area is 348 Å². The maximum absolute atomic E-state index is 6.51. The third-order valence-corrected chi connectivity index (χ3v) is 11.7. The second kappa shape index (κ2) is 15.1. The minimum atomic E-state index is -0.740. The summed E-state index contributed by atoms with van der Waals surface area (Å²) in [6, 6.07) is 56.5. The number of ether oxygens (including phenoxy) is 1. The maximum atomic E-state index is 6.51. The van der Waals surface area contributed by atoms with Crippen molar-refractivity contribution in [2.24, 2.45) is 0 Å². The largest absolute Gasteiger partial charge is 0.563 e. The van der Waals surface area contributed by atoms with Crippen molar-refractivity contribution >= 4 is 57.8 Å². The molecule has 0 saturated carbocycles. The van der Waals surface area contributed by atoms with Crippen LogP contribution in [-0.2, 0) is 18.7 Å². The zero-order chi connectivity index (χ0) is 40.9. The first-order valence-electron chi connectivity index (χ1n) is 20.1. The lowest BCUT2D eigenvalue weighted by atomic mass is 9.73. The van der Waals surface area contributed by atoms with Gasteiger partial charge in [-0.3, -0.25) is 0 Å². The maximum Gasteiger partial charge on any atom is 0.563 e. The number of fused-ring (bicyclic) bond motifs is 6. The summed E-state index contributed by atoms with van der Waals surface area (Å²) in [5.41, 5.74) is 9.61. The van der Waals surface area contributed by atoms with E-state index in [0.717, 1.165) is 87.8 Å². The molecule has 0 amide bonds. The number of methoxy groups -OCH3 is 1. The van der Waals surface area contributed by atoms with Crippen LogP contribution in [0.1, 0.15) is 27.7 Å². The highest BCUT2D eigenvalue weighted by atomic mass is 16.7. The fourth-order valence-electron chi connectivity index (χ4n) is 8.38. The SMILES string of the molecule is C=C(OC)C(C)(C)O[B]c1ccc2c3ccc(B4OC(=C)C(C)(C)O4)cc3c3c(-c4ccccc4)c(-c4ccccc4)c(-c4ccccc4)c(-c4ccccc4)c3c2c1. The van der Waals surface area contributed by atoms with Crippen LogP contribution in [0.2, 0.25) is 0 Å². The molecule has 8 aromatic carbocycles. The molecular formula is C53H45B2O4. The Morgan fingerprint density at radius 1 is 0.593 bits per heavy atom. The molecule has 0 spiro atoms. The molecule has 1 aliphatic rings. The fraction of sp³-hybridized carbons (Fsp3) is 0.132. The van der Waals surface area contributed by atoms with E-state index in [2.05, 4.69) is 171 Å². The number of hydrogen-bond acceptors (Lipinski definition) is 4. The van der Waals surface area contributed by atoms with E-state index >= 15 is 0 Å². The molecule has 1 saturated heterocycles. The highest BCUT2D eigenvalue weighted by Crippen LogP contribution is 2.54. The molecule has 0 N–H and O–H groups in total. The molecular weight excluding hydrogens is 722 g/mol. The molecule has 0 atom stereocenters. The molecule has 1 heterocycles. The lowest BCUT2D eigenvalue weighted by molar-refractivity contribution is 0.0851. The van der Waals surface area contributed by atoms with Gasteiger partial charge in [-0.15, -0.1) is 0 Å². The molecule has 6 heteroatoms. The van der Waals surface area contributed by atoms with Crippen molar-refractivity contribution in [1.82, 2.24) is 0 Å². The predicted octanol–water partition coefficient (Wildman–Crippen LogP) is 12.0. The molecule has 287 valence electrons. The van der Waals surface area contributed by atoms with Crippen LogP contribution in [0.3, 0.4) is 0 Å². The van der Waals surface area contributed by atoms with Crippen molar-refractivity contribution in [3.05, 3.63) is 182 Å². The van der Waals surface area contributed by atoms with Gasteiger partial charge in [-0.25, -0.2) is 0 Å². The van der Waals surface area contributed by atoms with Gasteiger partial charge in [-0.2, -0.15) is 0 Å². The number of hydrogen-bond donors (Lipinski definition) is 0. The molecule has 9 rings (SSSR count). The van der Waals surface area contributed by atoms with E-state index in [1.54, 1.807) is 7.11 Å². The molecule has 1 fully saturated rings. The first kappa shape index (κ1) is 38.2. The summed E-state index contributed by atoms with van der Waals surface area (Å²) >= 11 is 0. The van der Waals surface area contributed by atoms with Gasteiger partial charge in [0.1, 0.15) is 17.0 Å². The quantitative estimate of drug-likeness (QED) is 0.0789. The summed E-state index contributed by atoms with van der Waals surface area (Å²) in [6.07, 6.45) is 0. The molecule has 1 aliphatic heterocycles. The topological polar surface area (TPSA) is 36.9 Å². The zero-order valence-corrected chi connectivity index (χ0v) is 34.2. The van der Waals surface area contributed by atoms with Crippen molar-refractivity contribution in [3.63, 3.8) is 0 Å². The van der Waals surface area contributed by atoms with Crippen molar-refractivity contribution in [2.45, 2.75) is 38.9 Å².